The molecule has 1 heterocycles. The van der Waals surface area contributed by atoms with Gasteiger partial charge < -0.3 is 16.0 Å². The van der Waals surface area contributed by atoms with Crippen LogP contribution in [0.4, 0.5) is 0 Å². The summed E-state index contributed by atoms with van der Waals surface area (Å²) in [6.07, 6.45) is 5.73. The number of aliphatic imine (C=N–C) groups is 1. The van der Waals surface area contributed by atoms with E-state index in [-0.39, 0.29) is 5.91 Å². The van der Waals surface area contributed by atoms with Gasteiger partial charge in [-0.2, -0.15) is 0 Å². The fourth-order valence-corrected chi connectivity index (χ4v) is 3.87. The van der Waals surface area contributed by atoms with Crippen LogP contribution in [0.15, 0.2) is 35.3 Å². The van der Waals surface area contributed by atoms with Crippen LogP contribution in [0, 0.1) is 5.41 Å². The quantitative estimate of drug-likeness (QED) is 0.471. The molecule has 0 unspecified atom stereocenters. The Kier molecular flexibility index (Phi) is 7.31. The van der Waals surface area contributed by atoms with Gasteiger partial charge in [-0.1, -0.05) is 30.3 Å². The van der Waals surface area contributed by atoms with Gasteiger partial charge in [0.25, 0.3) is 0 Å². The lowest BCUT2D eigenvalue weighted by Gasteiger charge is -2.32. The van der Waals surface area contributed by atoms with Crippen molar-refractivity contribution in [1.29, 1.82) is 0 Å². The number of hydrogen-bond acceptors (Lipinski definition) is 3. The Bertz CT molecular complexity index is 648. The molecule has 154 valence electrons. The first-order chi connectivity index (χ1) is 13.6. The number of likely N-dealkylation sites (tertiary alicyclic amines) is 1. The monoisotopic (exact) mass is 385 g/mol. The van der Waals surface area contributed by atoms with Gasteiger partial charge in [0.1, 0.15) is 0 Å². The van der Waals surface area contributed by atoms with Gasteiger partial charge in [-0.15, -0.1) is 0 Å². The zero-order valence-corrected chi connectivity index (χ0v) is 17.3. The van der Waals surface area contributed by atoms with Crippen LogP contribution in [0.2, 0.25) is 0 Å². The number of rotatable bonds is 8. The molecule has 0 radical (unpaired) electrons. The maximum atomic E-state index is 11.5. The Balaban J connectivity index is 1.49. The van der Waals surface area contributed by atoms with Crippen LogP contribution >= 0.6 is 0 Å². The average molecular weight is 386 g/mol. The van der Waals surface area contributed by atoms with Crippen LogP contribution < -0.4 is 16.0 Å². The van der Waals surface area contributed by atoms with Crippen molar-refractivity contribution in [1.82, 2.24) is 20.9 Å². The van der Waals surface area contributed by atoms with E-state index in [4.69, 9.17) is 4.99 Å². The number of hydrogen-bond donors (Lipinski definition) is 3. The minimum Gasteiger partial charge on any atom is -0.358 e. The van der Waals surface area contributed by atoms with E-state index in [9.17, 15) is 4.79 Å². The molecular formula is C22H35N5O. The summed E-state index contributed by atoms with van der Waals surface area (Å²) in [7, 11) is 1.69. The van der Waals surface area contributed by atoms with Gasteiger partial charge in [0.15, 0.2) is 5.96 Å². The molecule has 1 aliphatic carbocycles. The molecule has 6 nitrogen and oxygen atoms in total. The number of nitrogens with zero attached hydrogens (tertiary/aromatic N) is 2. The van der Waals surface area contributed by atoms with Crippen LogP contribution in [0.3, 0.4) is 0 Å². The van der Waals surface area contributed by atoms with Crippen molar-refractivity contribution >= 4 is 11.9 Å². The molecule has 1 aromatic carbocycles. The summed E-state index contributed by atoms with van der Waals surface area (Å²) in [6.45, 7) is 6.25. The molecule has 2 aliphatic rings. The Hall–Kier alpha value is -2.08. The van der Waals surface area contributed by atoms with Gasteiger partial charge in [0.2, 0.25) is 5.91 Å². The molecule has 0 aromatic heterocycles. The lowest BCUT2D eigenvalue weighted by Crippen LogP contribution is -2.50. The summed E-state index contributed by atoms with van der Waals surface area (Å²) >= 11 is 0. The van der Waals surface area contributed by atoms with Crippen molar-refractivity contribution in [2.75, 3.05) is 39.8 Å². The van der Waals surface area contributed by atoms with Crippen molar-refractivity contribution in [2.24, 2.45) is 10.4 Å². The highest BCUT2D eigenvalue weighted by atomic mass is 16.1. The maximum Gasteiger partial charge on any atom is 0.233 e. The van der Waals surface area contributed by atoms with Gasteiger partial charge in [-0.25, -0.2) is 0 Å². The molecule has 1 saturated carbocycles. The van der Waals surface area contributed by atoms with E-state index >= 15 is 0 Å². The van der Waals surface area contributed by atoms with Crippen molar-refractivity contribution in [3.8, 4) is 0 Å². The summed E-state index contributed by atoms with van der Waals surface area (Å²) in [4.78, 5) is 18.7. The van der Waals surface area contributed by atoms with Crippen LogP contribution in [0.1, 0.15) is 38.2 Å². The molecule has 0 spiro atoms. The van der Waals surface area contributed by atoms with E-state index in [1.165, 1.54) is 18.4 Å². The average Bonchev–Trinajstić information content (AvgIpc) is 3.48. The summed E-state index contributed by atoms with van der Waals surface area (Å²) < 4.78 is 0. The second-order valence-electron chi connectivity index (χ2n) is 8.23. The topological polar surface area (TPSA) is 68.8 Å². The van der Waals surface area contributed by atoms with Crippen molar-refractivity contribution < 1.29 is 4.79 Å². The summed E-state index contributed by atoms with van der Waals surface area (Å²) in [5.74, 6) is 1.03. The second-order valence-corrected chi connectivity index (χ2v) is 8.23. The molecule has 1 amide bonds. The third-order valence-electron chi connectivity index (χ3n) is 5.87. The predicted octanol–water partition coefficient (Wildman–Crippen LogP) is 1.77. The van der Waals surface area contributed by atoms with Crippen LogP contribution in [0.25, 0.3) is 0 Å². The lowest BCUT2D eigenvalue weighted by molar-refractivity contribution is -0.122. The molecule has 2 fully saturated rings. The zero-order chi connectivity index (χ0) is 19.8. The Morgan fingerprint density at radius 3 is 2.54 bits per heavy atom. The standard InChI is InChI=1S/C22H35N5O/c1-3-24-21(26-19-9-13-27(14-10-19)16-20(28)23-2)25-17-22(11-12-22)15-18-7-5-4-6-8-18/h4-8,19H,3,9-17H2,1-2H3,(H,23,28)(H2,24,25,26). The minimum atomic E-state index is 0.0921. The fourth-order valence-electron chi connectivity index (χ4n) is 3.87. The Labute approximate surface area is 169 Å². The summed E-state index contributed by atoms with van der Waals surface area (Å²) in [5, 5.41) is 9.73. The summed E-state index contributed by atoms with van der Waals surface area (Å²) in [5.41, 5.74) is 1.76. The first-order valence-electron chi connectivity index (χ1n) is 10.6. The zero-order valence-electron chi connectivity index (χ0n) is 17.3. The van der Waals surface area contributed by atoms with Crippen molar-refractivity contribution in [3.05, 3.63) is 35.9 Å². The van der Waals surface area contributed by atoms with Crippen molar-refractivity contribution in [3.63, 3.8) is 0 Å². The van der Waals surface area contributed by atoms with Crippen molar-refractivity contribution in [2.45, 2.75) is 45.1 Å². The van der Waals surface area contributed by atoms with Crippen LogP contribution in [-0.4, -0.2) is 62.6 Å². The number of nitrogens with one attached hydrogen (secondary N) is 3. The molecule has 6 heteroatoms. The number of carbonyl (C=O) groups is 1. The number of likely N-dealkylation sites (N-methyl/N-ethyl adjacent to an activating group) is 1. The van der Waals surface area contributed by atoms with E-state index in [1.54, 1.807) is 7.05 Å². The predicted molar refractivity (Wildman–Crippen MR) is 114 cm³/mol. The molecule has 3 N–H and O–H groups in total. The third-order valence-corrected chi connectivity index (χ3v) is 5.87. The molecule has 1 saturated heterocycles. The molecule has 1 aliphatic heterocycles. The highest BCUT2D eigenvalue weighted by Gasteiger charge is 2.42. The van der Waals surface area contributed by atoms with E-state index in [0.717, 1.165) is 51.4 Å². The van der Waals surface area contributed by atoms with E-state index in [2.05, 4.69) is 58.1 Å². The van der Waals surface area contributed by atoms with Crippen LogP contribution in [-0.2, 0) is 11.2 Å². The van der Waals surface area contributed by atoms with Gasteiger partial charge in [0, 0.05) is 39.3 Å². The highest BCUT2D eigenvalue weighted by molar-refractivity contribution is 5.80. The molecule has 1 aromatic rings. The van der Waals surface area contributed by atoms with Gasteiger partial charge in [0.05, 0.1) is 6.54 Å². The maximum absolute atomic E-state index is 11.5. The Morgan fingerprint density at radius 1 is 1.21 bits per heavy atom. The van der Waals surface area contributed by atoms with E-state index in [1.807, 2.05) is 0 Å². The van der Waals surface area contributed by atoms with Gasteiger partial charge >= 0.3 is 0 Å². The molecule has 28 heavy (non-hydrogen) atoms. The first kappa shape index (κ1) is 20.6. The third kappa shape index (κ3) is 6.23. The number of guanidine groups is 1. The molecule has 3 rings (SSSR count). The molecule has 0 bridgehead atoms. The number of amides is 1. The van der Waals surface area contributed by atoms with Gasteiger partial charge in [-0.05, 0) is 50.0 Å². The first-order valence-corrected chi connectivity index (χ1v) is 10.6. The molecular weight excluding hydrogens is 350 g/mol. The highest BCUT2D eigenvalue weighted by Crippen LogP contribution is 2.48. The SMILES string of the molecule is CCNC(=NCC1(Cc2ccccc2)CC1)NC1CCN(CC(=O)NC)CC1. The Morgan fingerprint density at radius 2 is 1.93 bits per heavy atom. The number of benzene rings is 1. The van der Waals surface area contributed by atoms with Crippen LogP contribution in [0.5, 0.6) is 0 Å². The largest absolute Gasteiger partial charge is 0.358 e. The van der Waals surface area contributed by atoms with E-state index in [0.29, 0.717) is 18.0 Å². The normalized spacial score (nSPS) is 19.9. The number of carbonyl (C=O) groups excluding carboxylic acids is 1. The fraction of sp³-hybridized carbons (Fsp3) is 0.636. The summed E-state index contributed by atoms with van der Waals surface area (Å²) in [6, 6.07) is 11.2. The second kappa shape index (κ2) is 9.92. The lowest BCUT2D eigenvalue weighted by atomic mass is 9.97. The smallest absolute Gasteiger partial charge is 0.233 e. The molecule has 0 atom stereocenters. The van der Waals surface area contributed by atoms with E-state index < -0.39 is 0 Å². The number of piperidine rings is 1. The minimum absolute atomic E-state index is 0.0921. The van der Waals surface area contributed by atoms with Gasteiger partial charge in [-0.3, -0.25) is 14.7 Å².